The number of allylic oxidation sites excluding steroid dienone is 1. The average molecular weight is 239 g/mol. The van der Waals surface area contributed by atoms with E-state index in [1.54, 1.807) is 4.90 Å². The van der Waals surface area contributed by atoms with Crippen molar-refractivity contribution in [2.24, 2.45) is 4.99 Å². The van der Waals surface area contributed by atoms with Crippen molar-refractivity contribution in [2.75, 3.05) is 13.1 Å². The number of carbonyl (C=O) groups excluding carboxylic acids is 1. The summed E-state index contributed by atoms with van der Waals surface area (Å²) in [6, 6.07) is 0.0128. The van der Waals surface area contributed by atoms with E-state index in [0.717, 1.165) is 19.4 Å². The Morgan fingerprint density at radius 3 is 2.88 bits per heavy atom. The van der Waals surface area contributed by atoms with Gasteiger partial charge in [0.25, 0.3) is 0 Å². The summed E-state index contributed by atoms with van der Waals surface area (Å²) in [4.78, 5) is 16.7. The molecule has 0 aromatic carbocycles. The monoisotopic (exact) mass is 239 g/mol. The van der Waals surface area contributed by atoms with Crippen LogP contribution >= 0.6 is 0 Å². The normalized spacial score (nSPS) is 21.5. The zero-order valence-electron chi connectivity index (χ0n) is 10.1. The van der Waals surface area contributed by atoms with Crippen molar-refractivity contribution in [1.29, 1.82) is 0 Å². The third kappa shape index (κ3) is 3.69. The zero-order chi connectivity index (χ0) is 12.8. The molecule has 1 rings (SSSR count). The Morgan fingerprint density at radius 1 is 1.65 bits per heavy atom. The predicted molar refractivity (Wildman–Crippen MR) is 66.3 cm³/mol. The summed E-state index contributed by atoms with van der Waals surface area (Å²) in [6.45, 7) is 9.35. The van der Waals surface area contributed by atoms with Gasteiger partial charge >= 0.3 is 0 Å². The van der Waals surface area contributed by atoms with Crippen LogP contribution in [0.25, 0.3) is 0 Å². The summed E-state index contributed by atoms with van der Waals surface area (Å²) < 4.78 is 13.0. The first-order valence-electron chi connectivity index (χ1n) is 5.59. The highest BCUT2D eigenvalue weighted by atomic mass is 19.1. The van der Waals surface area contributed by atoms with Gasteiger partial charge in [0.15, 0.2) is 5.82 Å². The molecule has 0 unspecified atom stereocenters. The van der Waals surface area contributed by atoms with E-state index >= 15 is 0 Å². The smallest absolute Gasteiger partial charge is 0.246 e. The van der Waals surface area contributed by atoms with Crippen LogP contribution in [0.3, 0.4) is 0 Å². The molecule has 0 aromatic heterocycles. The lowest BCUT2D eigenvalue weighted by atomic mass is 10.1. The number of likely N-dealkylation sites (tertiary alicyclic amines) is 1. The van der Waals surface area contributed by atoms with Crippen molar-refractivity contribution in [3.63, 3.8) is 0 Å². The molecule has 1 fully saturated rings. The van der Waals surface area contributed by atoms with Gasteiger partial charge in [-0.15, -0.1) is 0 Å². The summed E-state index contributed by atoms with van der Waals surface area (Å²) in [5.41, 5.74) is 0. The molecule has 1 heterocycles. The van der Waals surface area contributed by atoms with Crippen molar-refractivity contribution in [1.82, 2.24) is 10.2 Å². The SMILES string of the molecule is C=CC(=O)N1CCC[C@@H](N/C(N=C)=C(/C)F)C1. The largest absolute Gasteiger partial charge is 0.363 e. The highest BCUT2D eigenvalue weighted by molar-refractivity contribution is 5.87. The molecule has 0 spiro atoms. The average Bonchev–Trinajstić information content (AvgIpc) is 2.34. The molecule has 17 heavy (non-hydrogen) atoms. The van der Waals surface area contributed by atoms with E-state index in [0.29, 0.717) is 6.54 Å². The molecule has 0 aromatic rings. The molecule has 5 heteroatoms. The first-order chi connectivity index (χ1) is 8.08. The Morgan fingerprint density at radius 2 is 2.35 bits per heavy atom. The minimum Gasteiger partial charge on any atom is -0.363 e. The number of rotatable bonds is 4. The number of amides is 1. The second-order valence-corrected chi connectivity index (χ2v) is 4.01. The van der Waals surface area contributed by atoms with E-state index in [1.165, 1.54) is 13.0 Å². The quantitative estimate of drug-likeness (QED) is 0.598. The Bertz CT molecular complexity index is 348. The molecule has 94 valence electrons. The van der Waals surface area contributed by atoms with E-state index in [4.69, 9.17) is 0 Å². The fourth-order valence-corrected chi connectivity index (χ4v) is 1.87. The fraction of sp³-hybridized carbons (Fsp3) is 0.500. The number of aliphatic imine (C=N–C) groups is 1. The molecular formula is C12H18FN3O. The maximum Gasteiger partial charge on any atom is 0.246 e. The van der Waals surface area contributed by atoms with Crippen LogP contribution in [0.2, 0.25) is 0 Å². The van der Waals surface area contributed by atoms with E-state index < -0.39 is 5.83 Å². The number of hydrogen-bond donors (Lipinski definition) is 1. The molecule has 0 radical (unpaired) electrons. The molecule has 1 atom stereocenters. The number of piperidine rings is 1. The van der Waals surface area contributed by atoms with Crippen LogP contribution in [0.15, 0.2) is 29.3 Å². The van der Waals surface area contributed by atoms with Gasteiger partial charge in [0, 0.05) is 19.1 Å². The lowest BCUT2D eigenvalue weighted by Gasteiger charge is -2.33. The van der Waals surface area contributed by atoms with Crippen molar-refractivity contribution in [2.45, 2.75) is 25.8 Å². The van der Waals surface area contributed by atoms with Gasteiger partial charge in [-0.25, -0.2) is 9.38 Å². The van der Waals surface area contributed by atoms with Crippen molar-refractivity contribution >= 4 is 12.6 Å². The summed E-state index contributed by atoms with van der Waals surface area (Å²) in [6.07, 6.45) is 3.06. The van der Waals surface area contributed by atoms with Crippen LogP contribution in [0, 0.1) is 0 Å². The standard InChI is InChI=1S/C12H18FN3O/c1-4-11(17)16-7-5-6-10(8-16)15-12(14-3)9(2)13/h4,10,15H,1,3,5-8H2,2H3/b12-9-/t10-/m1/s1. The highest BCUT2D eigenvalue weighted by Crippen LogP contribution is 2.13. The molecule has 1 saturated heterocycles. The molecule has 0 bridgehead atoms. The first kappa shape index (κ1) is 13.4. The fourth-order valence-electron chi connectivity index (χ4n) is 1.87. The van der Waals surface area contributed by atoms with Gasteiger partial charge in [0.2, 0.25) is 5.91 Å². The summed E-state index contributed by atoms with van der Waals surface area (Å²) in [7, 11) is 0. The Balaban J connectivity index is 2.61. The highest BCUT2D eigenvalue weighted by Gasteiger charge is 2.22. The minimum atomic E-state index is -0.396. The van der Waals surface area contributed by atoms with Crippen LogP contribution in [0.1, 0.15) is 19.8 Å². The van der Waals surface area contributed by atoms with Gasteiger partial charge in [0.1, 0.15) is 5.83 Å². The molecule has 1 N–H and O–H groups in total. The lowest BCUT2D eigenvalue weighted by molar-refractivity contribution is -0.127. The van der Waals surface area contributed by atoms with Crippen molar-refractivity contribution < 1.29 is 9.18 Å². The van der Waals surface area contributed by atoms with Gasteiger partial charge in [-0.05, 0) is 32.6 Å². The molecule has 1 aliphatic rings. The van der Waals surface area contributed by atoms with Gasteiger partial charge in [0.05, 0.1) is 0 Å². The van der Waals surface area contributed by atoms with Gasteiger partial charge < -0.3 is 10.2 Å². The van der Waals surface area contributed by atoms with Crippen molar-refractivity contribution in [3.05, 3.63) is 24.3 Å². The predicted octanol–water partition coefficient (Wildman–Crippen LogP) is 1.61. The Labute approximate surface area is 101 Å². The van der Waals surface area contributed by atoms with E-state index in [-0.39, 0.29) is 17.8 Å². The van der Waals surface area contributed by atoms with E-state index in [2.05, 4.69) is 23.6 Å². The maximum absolute atomic E-state index is 13.0. The van der Waals surface area contributed by atoms with Gasteiger partial charge in [-0.1, -0.05) is 6.58 Å². The third-order valence-electron chi connectivity index (χ3n) is 2.73. The molecule has 1 aliphatic heterocycles. The Hall–Kier alpha value is -1.65. The van der Waals surface area contributed by atoms with Crippen LogP contribution in [-0.2, 0) is 4.79 Å². The number of hydrogen-bond acceptors (Lipinski definition) is 3. The maximum atomic E-state index is 13.0. The third-order valence-corrected chi connectivity index (χ3v) is 2.73. The summed E-state index contributed by atoms with van der Waals surface area (Å²) >= 11 is 0. The van der Waals surface area contributed by atoms with E-state index in [1.807, 2.05) is 0 Å². The second kappa shape index (κ2) is 6.18. The number of nitrogens with one attached hydrogen (secondary N) is 1. The first-order valence-corrected chi connectivity index (χ1v) is 5.59. The van der Waals surface area contributed by atoms with Gasteiger partial charge in [-0.3, -0.25) is 4.79 Å². The molecule has 0 saturated carbocycles. The molecule has 1 amide bonds. The second-order valence-electron chi connectivity index (χ2n) is 4.01. The molecular weight excluding hydrogens is 221 g/mol. The number of nitrogens with zero attached hydrogens (tertiary/aromatic N) is 2. The molecule has 0 aliphatic carbocycles. The minimum absolute atomic E-state index is 0.0128. The van der Waals surface area contributed by atoms with Crippen LogP contribution < -0.4 is 5.32 Å². The molecule has 4 nitrogen and oxygen atoms in total. The van der Waals surface area contributed by atoms with Crippen LogP contribution in [0.5, 0.6) is 0 Å². The summed E-state index contributed by atoms with van der Waals surface area (Å²) in [5.74, 6) is -0.333. The Kier molecular flexibility index (Phi) is 4.87. The summed E-state index contributed by atoms with van der Waals surface area (Å²) in [5, 5.41) is 2.96. The lowest BCUT2D eigenvalue weighted by Crippen LogP contribution is -2.47. The van der Waals surface area contributed by atoms with Crippen LogP contribution in [0.4, 0.5) is 4.39 Å². The van der Waals surface area contributed by atoms with Crippen molar-refractivity contribution in [3.8, 4) is 0 Å². The topological polar surface area (TPSA) is 44.7 Å². The number of carbonyl (C=O) groups is 1. The number of halogens is 1. The van der Waals surface area contributed by atoms with Crippen LogP contribution in [-0.4, -0.2) is 36.7 Å². The zero-order valence-corrected chi connectivity index (χ0v) is 10.1. The van der Waals surface area contributed by atoms with E-state index in [9.17, 15) is 9.18 Å². The van der Waals surface area contributed by atoms with Gasteiger partial charge in [-0.2, -0.15) is 0 Å².